The first-order valence-corrected chi connectivity index (χ1v) is 7.55. The molecule has 1 aromatic carbocycles. The van der Waals surface area contributed by atoms with Crippen LogP contribution in [0.2, 0.25) is 0 Å². The summed E-state index contributed by atoms with van der Waals surface area (Å²) in [7, 11) is 0. The highest BCUT2D eigenvalue weighted by Crippen LogP contribution is 2.22. The van der Waals surface area contributed by atoms with Crippen molar-refractivity contribution >= 4 is 11.8 Å². The average Bonchev–Trinajstić information content (AvgIpc) is 2.45. The lowest BCUT2D eigenvalue weighted by molar-refractivity contribution is 0.1000. The van der Waals surface area contributed by atoms with Gasteiger partial charge in [0, 0.05) is 36.3 Å². The third-order valence-electron chi connectivity index (χ3n) is 3.06. The molecule has 0 spiro atoms. The largest absolute Gasteiger partial charge is 0.492 e. The Morgan fingerprint density at radius 1 is 1.28 bits per heavy atom. The lowest BCUT2D eigenvalue weighted by atomic mass is 10.2. The van der Waals surface area contributed by atoms with Gasteiger partial charge in [-0.1, -0.05) is 18.2 Å². The maximum Gasteiger partial charge on any atom is 0.123 e. The Kier molecular flexibility index (Phi) is 5.84. The fourth-order valence-corrected chi connectivity index (χ4v) is 3.06. The Labute approximate surface area is 113 Å². The minimum Gasteiger partial charge on any atom is -0.492 e. The van der Waals surface area contributed by atoms with Gasteiger partial charge in [0.2, 0.25) is 0 Å². The molecule has 3 nitrogen and oxygen atoms in total. The summed E-state index contributed by atoms with van der Waals surface area (Å²) in [6, 6.07) is 7.98. The summed E-state index contributed by atoms with van der Waals surface area (Å²) < 4.78 is 11.1. The molecule has 1 aromatic rings. The molecular formula is C14H21NO2S. The molecule has 1 aliphatic heterocycles. The molecular weight excluding hydrogens is 246 g/mol. The van der Waals surface area contributed by atoms with E-state index in [1.807, 2.05) is 36.0 Å². The van der Waals surface area contributed by atoms with Crippen LogP contribution in [0.5, 0.6) is 5.75 Å². The van der Waals surface area contributed by atoms with Crippen molar-refractivity contribution in [3.63, 3.8) is 0 Å². The number of nitrogens with two attached hydrogens (primary N) is 1. The van der Waals surface area contributed by atoms with E-state index in [9.17, 15) is 0 Å². The van der Waals surface area contributed by atoms with Crippen LogP contribution in [-0.4, -0.2) is 30.8 Å². The van der Waals surface area contributed by atoms with E-state index in [0.717, 1.165) is 42.1 Å². The first-order valence-electron chi connectivity index (χ1n) is 6.50. The van der Waals surface area contributed by atoms with Gasteiger partial charge in [-0.25, -0.2) is 0 Å². The number of hydrogen-bond acceptors (Lipinski definition) is 4. The van der Waals surface area contributed by atoms with Gasteiger partial charge >= 0.3 is 0 Å². The SMILES string of the molecule is NCc1ccccc1OCCSC1CCOCC1. The molecule has 1 aliphatic rings. The highest BCUT2D eigenvalue weighted by Gasteiger charge is 2.13. The van der Waals surface area contributed by atoms with Crippen molar-refractivity contribution in [2.45, 2.75) is 24.6 Å². The van der Waals surface area contributed by atoms with Crippen LogP contribution >= 0.6 is 11.8 Å². The Hall–Kier alpha value is -0.710. The first kappa shape index (κ1) is 13.7. The molecule has 100 valence electrons. The van der Waals surface area contributed by atoms with Gasteiger partial charge in [0.15, 0.2) is 0 Å². The van der Waals surface area contributed by atoms with E-state index in [4.69, 9.17) is 15.2 Å². The average molecular weight is 267 g/mol. The second-order valence-corrected chi connectivity index (χ2v) is 5.75. The first-order chi connectivity index (χ1) is 8.90. The normalized spacial score (nSPS) is 16.7. The summed E-state index contributed by atoms with van der Waals surface area (Å²) in [6.07, 6.45) is 2.34. The Balaban J connectivity index is 1.68. The van der Waals surface area contributed by atoms with Gasteiger partial charge in [-0.3, -0.25) is 0 Å². The Bertz CT molecular complexity index is 353. The molecule has 0 atom stereocenters. The van der Waals surface area contributed by atoms with Crippen molar-refractivity contribution in [3.05, 3.63) is 29.8 Å². The molecule has 2 N–H and O–H groups in total. The highest BCUT2D eigenvalue weighted by atomic mass is 32.2. The van der Waals surface area contributed by atoms with Crippen LogP contribution in [0.1, 0.15) is 18.4 Å². The van der Waals surface area contributed by atoms with Crippen LogP contribution < -0.4 is 10.5 Å². The van der Waals surface area contributed by atoms with Crippen LogP contribution in [0.25, 0.3) is 0 Å². The number of para-hydroxylation sites is 1. The minimum absolute atomic E-state index is 0.531. The third kappa shape index (κ3) is 4.19. The molecule has 1 fully saturated rings. The zero-order chi connectivity index (χ0) is 12.6. The molecule has 4 heteroatoms. The molecule has 0 radical (unpaired) electrons. The number of ether oxygens (including phenoxy) is 2. The quantitative estimate of drug-likeness (QED) is 0.804. The molecule has 0 bridgehead atoms. The number of hydrogen-bond donors (Lipinski definition) is 1. The molecule has 2 rings (SSSR count). The highest BCUT2D eigenvalue weighted by molar-refractivity contribution is 7.99. The van der Waals surface area contributed by atoms with Crippen molar-refractivity contribution in [2.75, 3.05) is 25.6 Å². The fourth-order valence-electron chi connectivity index (χ4n) is 2.02. The predicted octanol–water partition coefficient (Wildman–Crippen LogP) is 2.44. The molecule has 0 aromatic heterocycles. The summed E-state index contributed by atoms with van der Waals surface area (Å²) in [5.74, 6) is 1.96. The van der Waals surface area contributed by atoms with Gasteiger partial charge < -0.3 is 15.2 Å². The second-order valence-electron chi connectivity index (χ2n) is 4.34. The van der Waals surface area contributed by atoms with Gasteiger partial charge in [-0.2, -0.15) is 11.8 Å². The van der Waals surface area contributed by atoms with E-state index in [-0.39, 0.29) is 0 Å². The number of thioether (sulfide) groups is 1. The molecule has 0 saturated carbocycles. The van der Waals surface area contributed by atoms with E-state index < -0.39 is 0 Å². The molecule has 1 heterocycles. The van der Waals surface area contributed by atoms with Crippen LogP contribution in [0.15, 0.2) is 24.3 Å². The fraction of sp³-hybridized carbons (Fsp3) is 0.571. The molecule has 1 saturated heterocycles. The van der Waals surface area contributed by atoms with Crippen molar-refractivity contribution < 1.29 is 9.47 Å². The van der Waals surface area contributed by atoms with E-state index in [1.54, 1.807) is 0 Å². The molecule has 0 unspecified atom stereocenters. The number of benzene rings is 1. The van der Waals surface area contributed by atoms with Gasteiger partial charge in [-0.05, 0) is 18.9 Å². The zero-order valence-corrected chi connectivity index (χ0v) is 11.5. The van der Waals surface area contributed by atoms with Crippen LogP contribution in [0.3, 0.4) is 0 Å². The van der Waals surface area contributed by atoms with Crippen LogP contribution in [-0.2, 0) is 11.3 Å². The topological polar surface area (TPSA) is 44.5 Å². The van der Waals surface area contributed by atoms with Crippen LogP contribution in [0, 0.1) is 0 Å². The van der Waals surface area contributed by atoms with Crippen molar-refractivity contribution in [2.24, 2.45) is 5.73 Å². The molecule has 0 aliphatic carbocycles. The van der Waals surface area contributed by atoms with Crippen molar-refractivity contribution in [1.82, 2.24) is 0 Å². The molecule has 0 amide bonds. The minimum atomic E-state index is 0.531. The third-order valence-corrected chi connectivity index (χ3v) is 4.40. The van der Waals surface area contributed by atoms with Crippen molar-refractivity contribution in [3.8, 4) is 5.75 Å². The summed E-state index contributed by atoms with van der Waals surface area (Å²) >= 11 is 1.99. The van der Waals surface area contributed by atoms with Gasteiger partial charge in [0.1, 0.15) is 5.75 Å². The maximum absolute atomic E-state index is 5.79. The lowest BCUT2D eigenvalue weighted by Crippen LogP contribution is -2.18. The zero-order valence-electron chi connectivity index (χ0n) is 10.6. The van der Waals surface area contributed by atoms with E-state index >= 15 is 0 Å². The van der Waals surface area contributed by atoms with E-state index in [1.165, 1.54) is 12.8 Å². The van der Waals surface area contributed by atoms with Gasteiger partial charge in [-0.15, -0.1) is 0 Å². The Morgan fingerprint density at radius 2 is 2.06 bits per heavy atom. The van der Waals surface area contributed by atoms with E-state index in [0.29, 0.717) is 6.54 Å². The monoisotopic (exact) mass is 267 g/mol. The lowest BCUT2D eigenvalue weighted by Gasteiger charge is -2.21. The van der Waals surface area contributed by atoms with Gasteiger partial charge in [0.05, 0.1) is 6.61 Å². The van der Waals surface area contributed by atoms with E-state index in [2.05, 4.69) is 0 Å². The second kappa shape index (κ2) is 7.67. The predicted molar refractivity (Wildman–Crippen MR) is 76.1 cm³/mol. The van der Waals surface area contributed by atoms with Gasteiger partial charge in [0.25, 0.3) is 0 Å². The smallest absolute Gasteiger partial charge is 0.123 e. The summed E-state index contributed by atoms with van der Waals surface area (Å²) in [6.45, 7) is 3.10. The summed E-state index contributed by atoms with van der Waals surface area (Å²) in [5, 5.41) is 0.743. The van der Waals surface area contributed by atoms with Crippen molar-refractivity contribution in [1.29, 1.82) is 0 Å². The summed E-state index contributed by atoms with van der Waals surface area (Å²) in [5.41, 5.74) is 6.75. The maximum atomic E-state index is 5.79. The molecule has 18 heavy (non-hydrogen) atoms. The summed E-state index contributed by atoms with van der Waals surface area (Å²) in [4.78, 5) is 0. The Morgan fingerprint density at radius 3 is 2.83 bits per heavy atom. The number of rotatable bonds is 6. The van der Waals surface area contributed by atoms with Crippen LogP contribution in [0.4, 0.5) is 0 Å². The standard InChI is InChI=1S/C14H21NO2S/c15-11-12-3-1-2-4-14(12)17-9-10-18-13-5-7-16-8-6-13/h1-4,13H,5-11,15H2.